The van der Waals surface area contributed by atoms with Crippen LogP contribution in [0.4, 0.5) is 0 Å². The van der Waals surface area contributed by atoms with E-state index in [0.717, 1.165) is 16.1 Å². The molecule has 13 heavy (non-hydrogen) atoms. The third-order valence-corrected chi connectivity index (χ3v) is 2.45. The van der Waals surface area contributed by atoms with Gasteiger partial charge in [0.25, 0.3) is 0 Å². The number of imidazole rings is 1. The number of fused-ring (bicyclic) bond motifs is 1. The zero-order valence-corrected chi connectivity index (χ0v) is 8.39. The highest BCUT2D eigenvalue weighted by Gasteiger charge is 2.06. The molecule has 1 aromatic heterocycles. The molecule has 2 rings (SSSR count). The third-order valence-electron chi connectivity index (χ3n) is 2.17. The van der Waals surface area contributed by atoms with Crippen LogP contribution in [0.15, 0.2) is 18.5 Å². The first-order valence-electron chi connectivity index (χ1n) is 4.31. The standard InChI is InChI=1S/C10H11ClN2/c1-6(2)7-3-8(11)10-9(4-7)12-5-13-10/h3-6H,1-2H3,(H,12,13). The van der Waals surface area contributed by atoms with Crippen molar-refractivity contribution in [3.8, 4) is 0 Å². The van der Waals surface area contributed by atoms with Gasteiger partial charge in [0, 0.05) is 0 Å². The van der Waals surface area contributed by atoms with Crippen LogP contribution in [0.2, 0.25) is 5.02 Å². The molecule has 0 fully saturated rings. The smallest absolute Gasteiger partial charge is 0.107 e. The average molecular weight is 195 g/mol. The van der Waals surface area contributed by atoms with Crippen LogP contribution in [0.25, 0.3) is 11.0 Å². The number of nitrogens with zero attached hydrogens (tertiary/aromatic N) is 1. The second kappa shape index (κ2) is 3.04. The maximum absolute atomic E-state index is 6.07. The minimum absolute atomic E-state index is 0.491. The van der Waals surface area contributed by atoms with Crippen molar-refractivity contribution in [2.75, 3.05) is 0 Å². The third kappa shape index (κ3) is 1.42. The van der Waals surface area contributed by atoms with Crippen LogP contribution in [-0.2, 0) is 0 Å². The van der Waals surface area contributed by atoms with Crippen molar-refractivity contribution in [1.29, 1.82) is 0 Å². The van der Waals surface area contributed by atoms with Crippen molar-refractivity contribution >= 4 is 22.6 Å². The van der Waals surface area contributed by atoms with E-state index in [0.29, 0.717) is 5.92 Å². The van der Waals surface area contributed by atoms with E-state index in [1.807, 2.05) is 6.07 Å². The summed E-state index contributed by atoms with van der Waals surface area (Å²) in [4.78, 5) is 7.19. The summed E-state index contributed by atoms with van der Waals surface area (Å²) < 4.78 is 0. The first-order valence-corrected chi connectivity index (χ1v) is 4.69. The van der Waals surface area contributed by atoms with E-state index in [9.17, 15) is 0 Å². The topological polar surface area (TPSA) is 28.7 Å². The quantitative estimate of drug-likeness (QED) is 0.741. The van der Waals surface area contributed by atoms with Crippen LogP contribution >= 0.6 is 11.6 Å². The molecule has 0 aliphatic rings. The summed E-state index contributed by atoms with van der Waals surface area (Å²) in [6.45, 7) is 4.29. The number of H-pyrrole nitrogens is 1. The largest absolute Gasteiger partial charge is 0.345 e. The molecule has 0 atom stereocenters. The number of hydrogen-bond acceptors (Lipinski definition) is 1. The van der Waals surface area contributed by atoms with Gasteiger partial charge in [-0.05, 0) is 23.6 Å². The number of aromatic amines is 1. The highest BCUT2D eigenvalue weighted by Crippen LogP contribution is 2.26. The van der Waals surface area contributed by atoms with Crippen molar-refractivity contribution < 1.29 is 0 Å². The molecular weight excluding hydrogens is 184 g/mol. The summed E-state index contributed by atoms with van der Waals surface area (Å²) in [7, 11) is 0. The van der Waals surface area contributed by atoms with Gasteiger partial charge < -0.3 is 4.98 Å². The van der Waals surface area contributed by atoms with Gasteiger partial charge in [0.05, 0.1) is 16.9 Å². The zero-order valence-electron chi connectivity index (χ0n) is 7.63. The van der Waals surface area contributed by atoms with E-state index in [-0.39, 0.29) is 0 Å². The van der Waals surface area contributed by atoms with E-state index in [4.69, 9.17) is 11.6 Å². The van der Waals surface area contributed by atoms with Crippen LogP contribution in [0.1, 0.15) is 25.3 Å². The first-order chi connectivity index (χ1) is 6.18. The van der Waals surface area contributed by atoms with Crippen molar-refractivity contribution in [3.05, 3.63) is 29.0 Å². The Morgan fingerprint density at radius 1 is 1.38 bits per heavy atom. The molecule has 1 heterocycles. The Balaban J connectivity index is 2.70. The van der Waals surface area contributed by atoms with E-state index in [1.54, 1.807) is 6.33 Å². The van der Waals surface area contributed by atoms with Gasteiger partial charge in [-0.1, -0.05) is 25.4 Å². The predicted octanol–water partition coefficient (Wildman–Crippen LogP) is 3.34. The summed E-state index contributed by atoms with van der Waals surface area (Å²) >= 11 is 6.07. The number of halogens is 1. The number of rotatable bonds is 1. The fraction of sp³-hybridized carbons (Fsp3) is 0.300. The van der Waals surface area contributed by atoms with Crippen LogP contribution in [0, 0.1) is 0 Å². The number of aromatic nitrogens is 2. The maximum atomic E-state index is 6.07. The van der Waals surface area contributed by atoms with Crippen molar-refractivity contribution in [3.63, 3.8) is 0 Å². The second-order valence-corrected chi connectivity index (χ2v) is 3.86. The van der Waals surface area contributed by atoms with Gasteiger partial charge in [0.2, 0.25) is 0 Å². The monoisotopic (exact) mass is 194 g/mol. The minimum atomic E-state index is 0.491. The van der Waals surface area contributed by atoms with E-state index < -0.39 is 0 Å². The molecule has 0 unspecified atom stereocenters. The molecule has 0 radical (unpaired) electrons. The summed E-state index contributed by atoms with van der Waals surface area (Å²) in [5, 5.41) is 0.724. The Kier molecular flexibility index (Phi) is 2.00. The van der Waals surface area contributed by atoms with Gasteiger partial charge in [-0.3, -0.25) is 0 Å². The van der Waals surface area contributed by atoms with Gasteiger partial charge >= 0.3 is 0 Å². The Morgan fingerprint density at radius 3 is 2.85 bits per heavy atom. The molecule has 0 spiro atoms. The van der Waals surface area contributed by atoms with E-state index in [2.05, 4.69) is 29.9 Å². The van der Waals surface area contributed by atoms with Gasteiger partial charge in [-0.2, -0.15) is 0 Å². The number of nitrogens with one attached hydrogen (secondary N) is 1. The van der Waals surface area contributed by atoms with E-state index in [1.165, 1.54) is 5.56 Å². The molecule has 0 bridgehead atoms. The molecule has 0 aliphatic carbocycles. The molecule has 0 saturated heterocycles. The zero-order chi connectivity index (χ0) is 9.42. The molecule has 2 aromatic rings. The van der Waals surface area contributed by atoms with Gasteiger partial charge in [-0.25, -0.2) is 4.98 Å². The molecule has 0 aliphatic heterocycles. The Morgan fingerprint density at radius 2 is 2.15 bits per heavy atom. The molecule has 1 aromatic carbocycles. The highest BCUT2D eigenvalue weighted by atomic mass is 35.5. The Labute approximate surface area is 81.9 Å². The van der Waals surface area contributed by atoms with Crippen molar-refractivity contribution in [1.82, 2.24) is 9.97 Å². The van der Waals surface area contributed by atoms with Crippen LogP contribution < -0.4 is 0 Å². The number of benzene rings is 1. The lowest BCUT2D eigenvalue weighted by Crippen LogP contribution is -1.87. The maximum Gasteiger partial charge on any atom is 0.107 e. The molecule has 0 amide bonds. The first kappa shape index (κ1) is 8.57. The predicted molar refractivity (Wildman–Crippen MR) is 55.2 cm³/mol. The molecule has 0 saturated carbocycles. The molecule has 1 N–H and O–H groups in total. The molecule has 2 nitrogen and oxygen atoms in total. The number of hydrogen-bond donors (Lipinski definition) is 1. The summed E-state index contributed by atoms with van der Waals surface area (Å²) in [6, 6.07) is 4.08. The lowest BCUT2D eigenvalue weighted by atomic mass is 10.0. The minimum Gasteiger partial charge on any atom is -0.345 e. The fourth-order valence-corrected chi connectivity index (χ4v) is 1.64. The molecule has 3 heteroatoms. The second-order valence-electron chi connectivity index (χ2n) is 3.46. The lowest BCUT2D eigenvalue weighted by molar-refractivity contribution is 0.868. The van der Waals surface area contributed by atoms with Crippen LogP contribution in [0.3, 0.4) is 0 Å². The average Bonchev–Trinajstić information content (AvgIpc) is 2.51. The molecular formula is C10H11ClN2. The van der Waals surface area contributed by atoms with Crippen LogP contribution in [0.5, 0.6) is 0 Å². The molecule has 68 valence electrons. The SMILES string of the molecule is CC(C)c1cc(Cl)c2nc[nH]c2c1. The fourth-order valence-electron chi connectivity index (χ4n) is 1.36. The summed E-state index contributed by atoms with van der Waals surface area (Å²) in [6.07, 6.45) is 1.67. The normalized spacial score (nSPS) is 11.4. The van der Waals surface area contributed by atoms with Gasteiger partial charge in [0.1, 0.15) is 5.52 Å². The van der Waals surface area contributed by atoms with Gasteiger partial charge in [0.15, 0.2) is 0 Å². The highest BCUT2D eigenvalue weighted by molar-refractivity contribution is 6.35. The van der Waals surface area contributed by atoms with Crippen molar-refractivity contribution in [2.45, 2.75) is 19.8 Å². The lowest BCUT2D eigenvalue weighted by Gasteiger charge is -2.05. The van der Waals surface area contributed by atoms with Crippen LogP contribution in [-0.4, -0.2) is 9.97 Å². The van der Waals surface area contributed by atoms with E-state index >= 15 is 0 Å². The van der Waals surface area contributed by atoms with Gasteiger partial charge in [-0.15, -0.1) is 0 Å². The Hall–Kier alpha value is -1.02. The van der Waals surface area contributed by atoms with Crippen molar-refractivity contribution in [2.24, 2.45) is 0 Å². The summed E-state index contributed by atoms with van der Waals surface area (Å²) in [5.41, 5.74) is 3.10. The summed E-state index contributed by atoms with van der Waals surface area (Å²) in [5.74, 6) is 0.491. The Bertz CT molecular complexity index is 431.